The van der Waals surface area contributed by atoms with Crippen LogP contribution in [-0.2, 0) is 11.3 Å². The molecule has 0 saturated heterocycles. The van der Waals surface area contributed by atoms with E-state index >= 15 is 0 Å². The van der Waals surface area contributed by atoms with Gasteiger partial charge in [0, 0.05) is 34.7 Å². The maximum Gasteiger partial charge on any atom is 0.276 e. The van der Waals surface area contributed by atoms with Gasteiger partial charge in [0.2, 0.25) is 0 Å². The Bertz CT molecular complexity index is 1160. The summed E-state index contributed by atoms with van der Waals surface area (Å²) >= 11 is -2.15. The SMILES string of the molecule is O=C(Nc1ccc(NS(=O)O)cc1)c1n[nH]c2ccc(-c3cccnc3)cc12. The average Bonchev–Trinajstić information content (AvgIpc) is 3.13. The molecule has 2 aromatic heterocycles. The zero-order valence-electron chi connectivity index (χ0n) is 14.4. The van der Waals surface area contributed by atoms with Gasteiger partial charge in [0.15, 0.2) is 5.69 Å². The van der Waals surface area contributed by atoms with Crippen LogP contribution in [0.1, 0.15) is 10.5 Å². The first-order chi connectivity index (χ1) is 13.6. The number of nitrogens with one attached hydrogen (secondary N) is 3. The van der Waals surface area contributed by atoms with Crippen molar-refractivity contribution in [2.24, 2.45) is 0 Å². The zero-order valence-corrected chi connectivity index (χ0v) is 15.2. The molecule has 140 valence electrons. The van der Waals surface area contributed by atoms with E-state index in [1.807, 2.05) is 30.3 Å². The highest BCUT2D eigenvalue weighted by molar-refractivity contribution is 7.80. The lowest BCUT2D eigenvalue weighted by atomic mass is 10.0. The van der Waals surface area contributed by atoms with Crippen molar-refractivity contribution < 1.29 is 13.6 Å². The topological polar surface area (TPSA) is 120 Å². The number of anilines is 2. The number of benzene rings is 2. The molecule has 0 fully saturated rings. The molecule has 9 heteroatoms. The number of aromatic amines is 1. The summed E-state index contributed by atoms with van der Waals surface area (Å²) in [5, 5.41) is 10.5. The fourth-order valence-corrected chi connectivity index (χ4v) is 3.15. The van der Waals surface area contributed by atoms with E-state index in [4.69, 9.17) is 4.55 Å². The highest BCUT2D eigenvalue weighted by atomic mass is 32.2. The van der Waals surface area contributed by atoms with Crippen molar-refractivity contribution in [1.29, 1.82) is 0 Å². The zero-order chi connectivity index (χ0) is 19.5. The van der Waals surface area contributed by atoms with Crippen LogP contribution in [0.3, 0.4) is 0 Å². The Labute approximate surface area is 162 Å². The Balaban J connectivity index is 1.59. The van der Waals surface area contributed by atoms with E-state index in [2.05, 4.69) is 25.2 Å². The molecule has 0 radical (unpaired) electrons. The third kappa shape index (κ3) is 3.75. The van der Waals surface area contributed by atoms with Crippen LogP contribution in [0.2, 0.25) is 0 Å². The predicted molar refractivity (Wildman–Crippen MR) is 108 cm³/mol. The Morgan fingerprint density at radius 1 is 1.04 bits per heavy atom. The number of carbonyl (C=O) groups excluding carboxylic acids is 1. The van der Waals surface area contributed by atoms with Gasteiger partial charge in [0.1, 0.15) is 0 Å². The summed E-state index contributed by atoms with van der Waals surface area (Å²) in [5.41, 5.74) is 3.91. The average molecular weight is 393 g/mol. The molecule has 4 rings (SSSR count). The molecule has 2 aromatic carbocycles. The van der Waals surface area contributed by atoms with Crippen molar-refractivity contribution in [3.63, 3.8) is 0 Å². The normalized spacial score (nSPS) is 11.9. The van der Waals surface area contributed by atoms with Gasteiger partial charge in [-0.25, -0.2) is 4.21 Å². The first kappa shape index (κ1) is 17.8. The molecule has 1 amide bonds. The summed E-state index contributed by atoms with van der Waals surface area (Å²) in [7, 11) is 0. The van der Waals surface area contributed by atoms with Gasteiger partial charge in [0.05, 0.1) is 5.52 Å². The Morgan fingerprint density at radius 2 is 1.82 bits per heavy atom. The van der Waals surface area contributed by atoms with Gasteiger partial charge in [-0.05, 0) is 48.0 Å². The number of pyridine rings is 1. The van der Waals surface area contributed by atoms with Crippen LogP contribution in [-0.4, -0.2) is 29.9 Å². The van der Waals surface area contributed by atoms with Crippen LogP contribution in [0, 0.1) is 0 Å². The van der Waals surface area contributed by atoms with Crippen LogP contribution in [0.4, 0.5) is 11.4 Å². The highest BCUT2D eigenvalue weighted by Crippen LogP contribution is 2.25. The second-order valence-corrected chi connectivity index (χ2v) is 6.66. The van der Waals surface area contributed by atoms with Crippen LogP contribution >= 0.6 is 0 Å². The summed E-state index contributed by atoms with van der Waals surface area (Å²) in [5.74, 6) is -0.360. The van der Waals surface area contributed by atoms with Crippen LogP contribution in [0.25, 0.3) is 22.0 Å². The maximum atomic E-state index is 12.7. The number of hydrogen-bond donors (Lipinski definition) is 4. The third-order valence-electron chi connectivity index (χ3n) is 4.12. The van der Waals surface area contributed by atoms with Gasteiger partial charge in [-0.2, -0.15) is 5.10 Å². The summed E-state index contributed by atoms with van der Waals surface area (Å²) < 4.78 is 21.9. The fourth-order valence-electron chi connectivity index (χ4n) is 2.81. The summed E-state index contributed by atoms with van der Waals surface area (Å²) in [6.07, 6.45) is 3.47. The molecule has 0 aliphatic heterocycles. The molecule has 0 aliphatic rings. The first-order valence-electron chi connectivity index (χ1n) is 8.27. The lowest BCUT2D eigenvalue weighted by Crippen LogP contribution is -2.13. The molecule has 0 spiro atoms. The molecule has 1 atom stereocenters. The van der Waals surface area contributed by atoms with Crippen LogP contribution < -0.4 is 10.0 Å². The Morgan fingerprint density at radius 3 is 2.54 bits per heavy atom. The number of amides is 1. The van der Waals surface area contributed by atoms with Gasteiger partial charge >= 0.3 is 0 Å². The maximum absolute atomic E-state index is 12.7. The number of rotatable bonds is 5. The molecule has 1 unspecified atom stereocenters. The quantitative estimate of drug-likeness (QED) is 0.387. The Kier molecular flexibility index (Phi) is 4.83. The molecule has 0 bridgehead atoms. The number of H-pyrrole nitrogens is 1. The molecule has 4 aromatic rings. The van der Waals surface area contributed by atoms with E-state index < -0.39 is 11.3 Å². The van der Waals surface area contributed by atoms with Crippen molar-refractivity contribution in [2.75, 3.05) is 10.0 Å². The molecule has 4 N–H and O–H groups in total. The van der Waals surface area contributed by atoms with Crippen molar-refractivity contribution in [1.82, 2.24) is 15.2 Å². The standard InChI is InChI=1S/C19H15N5O3S/c25-19(21-14-4-6-15(7-5-14)24-28(26)27)18-16-10-12(3-8-17(16)22-23-18)13-2-1-9-20-11-13/h1-11,24H,(H,21,25)(H,22,23)(H,26,27). The predicted octanol–water partition coefficient (Wildman–Crippen LogP) is 3.43. The van der Waals surface area contributed by atoms with Crippen molar-refractivity contribution in [3.05, 3.63) is 72.7 Å². The van der Waals surface area contributed by atoms with Crippen molar-refractivity contribution >= 4 is 39.5 Å². The van der Waals surface area contributed by atoms with E-state index in [-0.39, 0.29) is 11.6 Å². The molecular weight excluding hydrogens is 378 g/mol. The van der Waals surface area contributed by atoms with Gasteiger partial charge < -0.3 is 5.32 Å². The second-order valence-electron chi connectivity index (χ2n) is 5.96. The number of fused-ring (bicyclic) bond motifs is 1. The van der Waals surface area contributed by atoms with Crippen LogP contribution in [0.5, 0.6) is 0 Å². The largest absolute Gasteiger partial charge is 0.321 e. The minimum absolute atomic E-state index is 0.277. The van der Waals surface area contributed by atoms with E-state index in [9.17, 15) is 9.00 Å². The summed E-state index contributed by atoms with van der Waals surface area (Å²) in [6.45, 7) is 0. The lowest BCUT2D eigenvalue weighted by Gasteiger charge is -2.06. The minimum Gasteiger partial charge on any atom is -0.321 e. The van der Waals surface area contributed by atoms with Crippen LogP contribution in [0.15, 0.2) is 67.0 Å². The number of nitrogens with zero attached hydrogens (tertiary/aromatic N) is 2. The molecule has 2 heterocycles. The monoisotopic (exact) mass is 393 g/mol. The van der Waals surface area contributed by atoms with E-state index in [1.54, 1.807) is 36.7 Å². The summed E-state index contributed by atoms with van der Waals surface area (Å²) in [4.78, 5) is 16.8. The molecule has 8 nitrogen and oxygen atoms in total. The van der Waals surface area contributed by atoms with Crippen molar-refractivity contribution in [2.45, 2.75) is 0 Å². The molecule has 0 saturated carbocycles. The van der Waals surface area contributed by atoms with Crippen molar-refractivity contribution in [3.8, 4) is 11.1 Å². The number of hydrogen-bond acceptors (Lipinski definition) is 4. The lowest BCUT2D eigenvalue weighted by molar-refractivity contribution is 0.102. The molecule has 0 aliphatic carbocycles. The van der Waals surface area contributed by atoms with E-state index in [0.717, 1.165) is 16.6 Å². The highest BCUT2D eigenvalue weighted by Gasteiger charge is 2.15. The first-order valence-corrected chi connectivity index (χ1v) is 9.38. The number of aromatic nitrogens is 3. The second kappa shape index (κ2) is 7.59. The van der Waals surface area contributed by atoms with Gasteiger partial charge in [-0.15, -0.1) is 0 Å². The molecular formula is C19H15N5O3S. The van der Waals surface area contributed by atoms with E-state index in [1.165, 1.54) is 0 Å². The van der Waals surface area contributed by atoms with E-state index in [0.29, 0.717) is 16.8 Å². The number of carbonyl (C=O) groups is 1. The van der Waals surface area contributed by atoms with Gasteiger partial charge in [-0.1, -0.05) is 12.1 Å². The van der Waals surface area contributed by atoms with Gasteiger partial charge in [-0.3, -0.25) is 24.2 Å². The third-order valence-corrected chi connectivity index (χ3v) is 4.53. The van der Waals surface area contributed by atoms with Gasteiger partial charge in [0.25, 0.3) is 17.2 Å². The smallest absolute Gasteiger partial charge is 0.276 e. The molecule has 28 heavy (non-hydrogen) atoms. The fraction of sp³-hybridized carbons (Fsp3) is 0. The Hall–Kier alpha value is -3.56. The summed E-state index contributed by atoms with van der Waals surface area (Å²) in [6, 6.07) is 15.9. The minimum atomic E-state index is -2.15.